The molecule has 0 bridgehead atoms. The molecule has 3 rings (SSSR count). The third-order valence-corrected chi connectivity index (χ3v) is 4.90. The van der Waals surface area contributed by atoms with Crippen LogP contribution in [0.25, 0.3) is 5.57 Å². The number of nitrogens with zero attached hydrogens (tertiary/aromatic N) is 3. The van der Waals surface area contributed by atoms with E-state index in [9.17, 15) is 0 Å². The lowest BCUT2D eigenvalue weighted by atomic mass is 10.00. The first kappa shape index (κ1) is 16.1. The Kier molecular flexibility index (Phi) is 5.34. The van der Waals surface area contributed by atoms with E-state index in [0.717, 1.165) is 37.9 Å². The van der Waals surface area contributed by atoms with Crippen molar-refractivity contribution in [1.29, 1.82) is 0 Å². The Morgan fingerprint density at radius 1 is 1.26 bits per heavy atom. The summed E-state index contributed by atoms with van der Waals surface area (Å²) in [5.74, 6) is 1.79. The summed E-state index contributed by atoms with van der Waals surface area (Å²) in [7, 11) is 4.09. The number of benzene rings is 1. The van der Waals surface area contributed by atoms with Crippen molar-refractivity contribution in [2.75, 3.05) is 46.8 Å². The molecule has 2 heterocycles. The first-order valence-corrected chi connectivity index (χ1v) is 8.65. The van der Waals surface area contributed by atoms with Gasteiger partial charge in [0.05, 0.1) is 0 Å². The molecule has 1 atom stereocenters. The molecule has 0 radical (unpaired) electrons. The van der Waals surface area contributed by atoms with Gasteiger partial charge in [-0.3, -0.25) is 4.99 Å². The smallest absolute Gasteiger partial charge is 0.193 e. The van der Waals surface area contributed by atoms with Gasteiger partial charge in [-0.25, -0.2) is 0 Å². The maximum atomic E-state index is 4.48. The average Bonchev–Trinajstić information content (AvgIpc) is 3.02. The molecule has 2 aliphatic rings. The predicted molar refractivity (Wildman–Crippen MR) is 97.6 cm³/mol. The largest absolute Gasteiger partial charge is 0.356 e. The van der Waals surface area contributed by atoms with Crippen molar-refractivity contribution >= 4 is 11.5 Å². The second-order valence-electron chi connectivity index (χ2n) is 6.64. The van der Waals surface area contributed by atoms with Gasteiger partial charge in [0.2, 0.25) is 0 Å². The standard InChI is InChI=1S/C19H28N4/c1-20-19(21-14-16-8-11-22(2)15-16)23-12-9-18(10-13-23)17-6-4-3-5-7-17/h3-7,9,16H,8,10-15H2,1-2H3,(H,20,21). The third kappa shape index (κ3) is 4.14. The van der Waals surface area contributed by atoms with Gasteiger partial charge in [0.1, 0.15) is 0 Å². The van der Waals surface area contributed by atoms with E-state index in [-0.39, 0.29) is 0 Å². The molecule has 1 N–H and O–H groups in total. The molecule has 0 spiro atoms. The number of nitrogens with one attached hydrogen (secondary N) is 1. The van der Waals surface area contributed by atoms with Crippen LogP contribution in [0.2, 0.25) is 0 Å². The van der Waals surface area contributed by atoms with Crippen molar-refractivity contribution in [3.05, 3.63) is 42.0 Å². The second-order valence-corrected chi connectivity index (χ2v) is 6.64. The molecular formula is C19H28N4. The van der Waals surface area contributed by atoms with Crippen LogP contribution in [0.4, 0.5) is 0 Å². The Labute approximate surface area is 139 Å². The Morgan fingerprint density at radius 3 is 2.70 bits per heavy atom. The van der Waals surface area contributed by atoms with E-state index in [2.05, 4.69) is 63.6 Å². The second kappa shape index (κ2) is 7.64. The van der Waals surface area contributed by atoms with E-state index in [1.807, 2.05) is 7.05 Å². The zero-order chi connectivity index (χ0) is 16.1. The highest BCUT2D eigenvalue weighted by atomic mass is 15.3. The zero-order valence-electron chi connectivity index (χ0n) is 14.3. The molecule has 4 nitrogen and oxygen atoms in total. The summed E-state index contributed by atoms with van der Waals surface area (Å²) in [5.41, 5.74) is 2.80. The van der Waals surface area contributed by atoms with Crippen LogP contribution in [0.3, 0.4) is 0 Å². The van der Waals surface area contributed by atoms with Crippen LogP contribution in [0.15, 0.2) is 41.4 Å². The maximum Gasteiger partial charge on any atom is 0.193 e. The number of likely N-dealkylation sites (tertiary alicyclic amines) is 1. The fourth-order valence-corrected chi connectivity index (χ4v) is 3.54. The Bertz CT molecular complexity index is 564. The number of hydrogen-bond donors (Lipinski definition) is 1. The molecule has 0 aliphatic carbocycles. The minimum atomic E-state index is 0.747. The lowest BCUT2D eigenvalue weighted by Gasteiger charge is -2.30. The molecule has 4 heteroatoms. The highest BCUT2D eigenvalue weighted by molar-refractivity contribution is 5.81. The molecular weight excluding hydrogens is 284 g/mol. The molecule has 1 saturated heterocycles. The molecule has 124 valence electrons. The highest BCUT2D eigenvalue weighted by Crippen LogP contribution is 2.22. The van der Waals surface area contributed by atoms with Crippen molar-refractivity contribution in [1.82, 2.24) is 15.1 Å². The number of hydrogen-bond acceptors (Lipinski definition) is 2. The predicted octanol–water partition coefficient (Wildman–Crippen LogP) is 2.30. The molecule has 0 saturated carbocycles. The number of aliphatic imine (C=N–C) groups is 1. The van der Waals surface area contributed by atoms with Crippen molar-refractivity contribution in [3.63, 3.8) is 0 Å². The van der Waals surface area contributed by atoms with E-state index >= 15 is 0 Å². The van der Waals surface area contributed by atoms with Gasteiger partial charge in [0.15, 0.2) is 5.96 Å². The fourth-order valence-electron chi connectivity index (χ4n) is 3.54. The molecule has 0 amide bonds. The van der Waals surface area contributed by atoms with Gasteiger partial charge in [-0.05, 0) is 43.5 Å². The van der Waals surface area contributed by atoms with E-state index in [1.54, 1.807) is 0 Å². The van der Waals surface area contributed by atoms with Crippen LogP contribution in [-0.2, 0) is 0 Å². The van der Waals surface area contributed by atoms with Crippen LogP contribution in [0.1, 0.15) is 18.4 Å². The average molecular weight is 312 g/mol. The SMILES string of the molecule is CN=C(NCC1CCN(C)C1)N1CC=C(c2ccccc2)CC1. The van der Waals surface area contributed by atoms with Gasteiger partial charge in [-0.1, -0.05) is 36.4 Å². The third-order valence-electron chi connectivity index (χ3n) is 4.90. The lowest BCUT2D eigenvalue weighted by Crippen LogP contribution is -2.45. The van der Waals surface area contributed by atoms with E-state index < -0.39 is 0 Å². The van der Waals surface area contributed by atoms with Crippen LogP contribution in [0.5, 0.6) is 0 Å². The molecule has 1 aromatic rings. The number of guanidine groups is 1. The molecule has 23 heavy (non-hydrogen) atoms. The maximum absolute atomic E-state index is 4.48. The van der Waals surface area contributed by atoms with Gasteiger partial charge in [0.25, 0.3) is 0 Å². The summed E-state index contributed by atoms with van der Waals surface area (Å²) in [6, 6.07) is 10.7. The van der Waals surface area contributed by atoms with Gasteiger partial charge >= 0.3 is 0 Å². The van der Waals surface area contributed by atoms with Gasteiger partial charge in [-0.2, -0.15) is 0 Å². The first-order valence-electron chi connectivity index (χ1n) is 8.65. The highest BCUT2D eigenvalue weighted by Gasteiger charge is 2.21. The Morgan fingerprint density at radius 2 is 2.09 bits per heavy atom. The Hall–Kier alpha value is -1.81. The summed E-state index contributed by atoms with van der Waals surface area (Å²) in [6.07, 6.45) is 4.71. The lowest BCUT2D eigenvalue weighted by molar-refractivity contribution is 0.388. The van der Waals surface area contributed by atoms with Crippen LogP contribution in [-0.4, -0.2) is 62.6 Å². The quantitative estimate of drug-likeness (QED) is 0.686. The molecule has 2 aliphatic heterocycles. The monoisotopic (exact) mass is 312 g/mol. The zero-order valence-corrected chi connectivity index (χ0v) is 14.3. The van der Waals surface area contributed by atoms with E-state index in [4.69, 9.17) is 0 Å². The summed E-state index contributed by atoms with van der Waals surface area (Å²) in [5, 5.41) is 3.58. The molecule has 1 aromatic carbocycles. The van der Waals surface area contributed by atoms with Crippen molar-refractivity contribution in [2.45, 2.75) is 12.8 Å². The topological polar surface area (TPSA) is 30.9 Å². The fraction of sp³-hybridized carbons (Fsp3) is 0.526. The minimum Gasteiger partial charge on any atom is -0.356 e. The van der Waals surface area contributed by atoms with Crippen LogP contribution >= 0.6 is 0 Å². The van der Waals surface area contributed by atoms with Gasteiger partial charge in [-0.15, -0.1) is 0 Å². The number of rotatable bonds is 3. The summed E-state index contributed by atoms with van der Waals surface area (Å²) < 4.78 is 0. The molecule has 1 unspecified atom stereocenters. The summed E-state index contributed by atoms with van der Waals surface area (Å²) in [4.78, 5) is 9.24. The van der Waals surface area contributed by atoms with E-state index in [0.29, 0.717) is 0 Å². The normalized spacial score (nSPS) is 23.0. The van der Waals surface area contributed by atoms with Crippen LogP contribution in [0, 0.1) is 5.92 Å². The van der Waals surface area contributed by atoms with Crippen LogP contribution < -0.4 is 5.32 Å². The molecule has 1 fully saturated rings. The van der Waals surface area contributed by atoms with Crippen molar-refractivity contribution < 1.29 is 0 Å². The summed E-state index contributed by atoms with van der Waals surface area (Å²) >= 11 is 0. The minimum absolute atomic E-state index is 0.747. The summed E-state index contributed by atoms with van der Waals surface area (Å²) in [6.45, 7) is 5.42. The van der Waals surface area contributed by atoms with Gasteiger partial charge < -0.3 is 15.1 Å². The van der Waals surface area contributed by atoms with Gasteiger partial charge in [0, 0.05) is 33.2 Å². The Balaban J connectivity index is 1.54. The van der Waals surface area contributed by atoms with Crippen molar-refractivity contribution in [3.8, 4) is 0 Å². The molecule has 0 aromatic heterocycles. The first-order chi connectivity index (χ1) is 11.3. The van der Waals surface area contributed by atoms with Crippen molar-refractivity contribution in [2.24, 2.45) is 10.9 Å². The van der Waals surface area contributed by atoms with E-state index in [1.165, 1.54) is 30.6 Å².